The molecule has 0 saturated carbocycles. The molecule has 0 aliphatic carbocycles. The fourth-order valence-electron chi connectivity index (χ4n) is 1.57. The molecule has 0 aliphatic heterocycles. The molecule has 4 N–H and O–H groups in total. The van der Waals surface area contributed by atoms with Crippen LogP contribution >= 0.6 is 23.2 Å². The summed E-state index contributed by atoms with van der Waals surface area (Å²) in [5.41, 5.74) is 5.07. The van der Waals surface area contributed by atoms with Crippen LogP contribution in [0, 0.1) is 0 Å². The minimum Gasteiger partial charge on any atom is -0.488 e. The lowest BCUT2D eigenvalue weighted by atomic mass is 10.2. The van der Waals surface area contributed by atoms with Crippen LogP contribution in [0.4, 0.5) is 0 Å². The molecule has 0 aliphatic rings. The number of aliphatic hydroxyl groups excluding tert-OH is 1. The summed E-state index contributed by atoms with van der Waals surface area (Å²) in [6, 6.07) is 4.91. The summed E-state index contributed by atoms with van der Waals surface area (Å²) in [5, 5.41) is 13.5. The van der Waals surface area contributed by atoms with Gasteiger partial charge < -0.3 is 20.9 Å². The molecule has 0 bridgehead atoms. The van der Waals surface area contributed by atoms with Crippen molar-refractivity contribution in [3.8, 4) is 5.75 Å². The molecule has 1 rings (SSSR count). The second kappa shape index (κ2) is 8.32. The van der Waals surface area contributed by atoms with Crippen LogP contribution in [0.2, 0.25) is 10.0 Å². The number of carbonyl (C=O) groups excluding carboxylic acids is 1. The van der Waals surface area contributed by atoms with Gasteiger partial charge in [-0.1, -0.05) is 29.3 Å². The van der Waals surface area contributed by atoms with Crippen molar-refractivity contribution in [1.82, 2.24) is 5.32 Å². The molecule has 5 nitrogen and oxygen atoms in total. The lowest BCUT2D eigenvalue weighted by molar-refractivity contribution is -0.118. The Hall–Kier alpha value is -1.01. The van der Waals surface area contributed by atoms with Crippen LogP contribution in [-0.4, -0.2) is 36.3 Å². The van der Waals surface area contributed by atoms with Gasteiger partial charge in [-0.15, -0.1) is 0 Å². The lowest BCUT2D eigenvalue weighted by Crippen LogP contribution is -2.38. The number of amides is 1. The Balaban J connectivity index is 2.36. The van der Waals surface area contributed by atoms with Crippen LogP contribution in [0.5, 0.6) is 5.75 Å². The topological polar surface area (TPSA) is 84.6 Å². The maximum atomic E-state index is 10.7. The molecule has 0 saturated heterocycles. The summed E-state index contributed by atoms with van der Waals surface area (Å²) in [7, 11) is 0. The van der Waals surface area contributed by atoms with Gasteiger partial charge >= 0.3 is 0 Å². The first-order valence-corrected chi connectivity index (χ1v) is 6.92. The number of halogens is 2. The van der Waals surface area contributed by atoms with E-state index in [-0.39, 0.29) is 25.6 Å². The third-order valence-electron chi connectivity index (χ3n) is 2.55. The number of ether oxygens (including phenoxy) is 1. The van der Waals surface area contributed by atoms with Crippen LogP contribution in [0.15, 0.2) is 18.2 Å². The minimum absolute atomic E-state index is 0.0414. The average molecular weight is 321 g/mol. The zero-order chi connectivity index (χ0) is 15.1. The Labute approximate surface area is 128 Å². The van der Waals surface area contributed by atoms with E-state index in [1.807, 2.05) is 6.92 Å². The van der Waals surface area contributed by atoms with E-state index in [0.717, 1.165) is 0 Å². The number of nitrogens with two attached hydrogens (primary N) is 1. The van der Waals surface area contributed by atoms with E-state index in [2.05, 4.69) is 5.32 Å². The highest BCUT2D eigenvalue weighted by molar-refractivity contribution is 6.37. The second-order valence-electron chi connectivity index (χ2n) is 4.50. The zero-order valence-electron chi connectivity index (χ0n) is 11.1. The zero-order valence-corrected chi connectivity index (χ0v) is 12.6. The second-order valence-corrected chi connectivity index (χ2v) is 5.31. The van der Waals surface area contributed by atoms with Crippen LogP contribution in [0.25, 0.3) is 0 Å². The first kappa shape index (κ1) is 17.0. The predicted molar refractivity (Wildman–Crippen MR) is 79.2 cm³/mol. The smallest absolute Gasteiger partial charge is 0.218 e. The van der Waals surface area contributed by atoms with Crippen molar-refractivity contribution in [2.75, 3.05) is 13.2 Å². The van der Waals surface area contributed by atoms with Gasteiger partial charge in [0.25, 0.3) is 0 Å². The quantitative estimate of drug-likeness (QED) is 0.679. The molecule has 0 aromatic heterocycles. The highest BCUT2D eigenvalue weighted by atomic mass is 35.5. The first-order valence-electron chi connectivity index (χ1n) is 6.16. The van der Waals surface area contributed by atoms with Crippen molar-refractivity contribution in [1.29, 1.82) is 0 Å². The van der Waals surface area contributed by atoms with Gasteiger partial charge in [0, 0.05) is 19.0 Å². The Bertz CT molecular complexity index is 437. The van der Waals surface area contributed by atoms with E-state index in [1.165, 1.54) is 0 Å². The number of primary amides is 1. The molecule has 2 atom stereocenters. The fraction of sp³-hybridized carbons (Fsp3) is 0.462. The van der Waals surface area contributed by atoms with Gasteiger partial charge in [-0.3, -0.25) is 4.79 Å². The molecule has 112 valence electrons. The maximum absolute atomic E-state index is 10.7. The highest BCUT2D eigenvalue weighted by Gasteiger charge is 2.12. The molecule has 0 heterocycles. The van der Waals surface area contributed by atoms with Crippen molar-refractivity contribution < 1.29 is 14.6 Å². The molecule has 20 heavy (non-hydrogen) atoms. The number of aliphatic hydroxyl groups is 1. The molecule has 0 fully saturated rings. The Kier molecular flexibility index (Phi) is 7.09. The number of rotatable bonds is 8. The fourth-order valence-corrected chi connectivity index (χ4v) is 2.08. The summed E-state index contributed by atoms with van der Waals surface area (Å²) in [5.74, 6) is -0.0429. The Morgan fingerprint density at radius 1 is 1.45 bits per heavy atom. The van der Waals surface area contributed by atoms with E-state index < -0.39 is 12.0 Å². The monoisotopic (exact) mass is 320 g/mol. The Morgan fingerprint density at radius 2 is 2.05 bits per heavy atom. The van der Waals surface area contributed by atoms with E-state index in [9.17, 15) is 9.90 Å². The van der Waals surface area contributed by atoms with Crippen molar-refractivity contribution in [2.45, 2.75) is 25.5 Å². The average Bonchev–Trinajstić information content (AvgIpc) is 2.35. The molecular formula is C13H18Cl2N2O3. The molecule has 2 unspecified atom stereocenters. The number of carbonyl (C=O) groups is 1. The summed E-state index contributed by atoms with van der Waals surface area (Å²) in [6.07, 6.45) is -0.540. The normalized spacial score (nSPS) is 13.8. The minimum atomic E-state index is -0.752. The number of nitrogens with one attached hydrogen (secondary N) is 1. The molecule has 1 aromatic carbocycles. The number of para-hydroxylation sites is 1. The molecule has 0 radical (unpaired) electrons. The van der Waals surface area contributed by atoms with Gasteiger partial charge in [-0.05, 0) is 19.1 Å². The van der Waals surface area contributed by atoms with E-state index in [4.69, 9.17) is 33.7 Å². The molecule has 0 spiro atoms. The number of hydrogen-bond donors (Lipinski definition) is 3. The van der Waals surface area contributed by atoms with E-state index >= 15 is 0 Å². The van der Waals surface area contributed by atoms with Gasteiger partial charge in [0.2, 0.25) is 5.91 Å². The third-order valence-corrected chi connectivity index (χ3v) is 3.14. The first-order chi connectivity index (χ1) is 9.40. The van der Waals surface area contributed by atoms with Crippen LogP contribution < -0.4 is 15.8 Å². The van der Waals surface area contributed by atoms with E-state index in [0.29, 0.717) is 15.8 Å². The molecule has 7 heteroatoms. The SMILES string of the molecule is CC(CC(N)=O)NCC(O)COc1c(Cl)cccc1Cl. The Morgan fingerprint density at radius 3 is 2.60 bits per heavy atom. The molecule has 1 aromatic rings. The van der Waals surface area contributed by atoms with Gasteiger partial charge in [0.15, 0.2) is 5.75 Å². The lowest BCUT2D eigenvalue weighted by Gasteiger charge is -2.17. The van der Waals surface area contributed by atoms with Crippen LogP contribution in [0.1, 0.15) is 13.3 Å². The number of benzene rings is 1. The van der Waals surface area contributed by atoms with Gasteiger partial charge in [0.1, 0.15) is 12.7 Å². The van der Waals surface area contributed by atoms with Crippen LogP contribution in [-0.2, 0) is 4.79 Å². The van der Waals surface area contributed by atoms with Crippen molar-refractivity contribution >= 4 is 29.1 Å². The van der Waals surface area contributed by atoms with Crippen LogP contribution in [0.3, 0.4) is 0 Å². The highest BCUT2D eigenvalue weighted by Crippen LogP contribution is 2.32. The van der Waals surface area contributed by atoms with Crippen molar-refractivity contribution in [3.05, 3.63) is 28.2 Å². The molecule has 1 amide bonds. The summed E-state index contributed by atoms with van der Waals surface area (Å²) in [6.45, 7) is 2.12. The maximum Gasteiger partial charge on any atom is 0.218 e. The largest absolute Gasteiger partial charge is 0.488 e. The van der Waals surface area contributed by atoms with Gasteiger partial charge in [-0.25, -0.2) is 0 Å². The standard InChI is InChI=1S/C13H18Cl2N2O3/c1-8(5-12(16)19)17-6-9(18)7-20-13-10(14)3-2-4-11(13)15/h2-4,8-9,17-18H,5-7H2,1H3,(H2,16,19). The predicted octanol–water partition coefficient (Wildman–Crippen LogP) is 1.59. The third kappa shape index (κ3) is 5.96. The summed E-state index contributed by atoms with van der Waals surface area (Å²) < 4.78 is 5.40. The van der Waals surface area contributed by atoms with Gasteiger partial charge in [0.05, 0.1) is 10.0 Å². The van der Waals surface area contributed by atoms with Crippen molar-refractivity contribution in [3.63, 3.8) is 0 Å². The molecular weight excluding hydrogens is 303 g/mol. The van der Waals surface area contributed by atoms with E-state index in [1.54, 1.807) is 18.2 Å². The van der Waals surface area contributed by atoms with Crippen molar-refractivity contribution in [2.24, 2.45) is 5.73 Å². The summed E-state index contributed by atoms with van der Waals surface area (Å²) >= 11 is 11.9. The summed E-state index contributed by atoms with van der Waals surface area (Å²) in [4.78, 5) is 10.7. The van der Waals surface area contributed by atoms with Gasteiger partial charge in [-0.2, -0.15) is 0 Å². The number of hydrogen-bond acceptors (Lipinski definition) is 4.